The van der Waals surface area contributed by atoms with Gasteiger partial charge >= 0.3 is 0 Å². The van der Waals surface area contributed by atoms with Crippen LogP contribution in [0.3, 0.4) is 0 Å². The number of para-hydroxylation sites is 1. The third kappa shape index (κ3) is 5.03. The Bertz CT molecular complexity index is 2860. The molecule has 7 aromatic carbocycles. The Labute approximate surface area is 318 Å². The van der Waals surface area contributed by atoms with Crippen LogP contribution in [0.15, 0.2) is 194 Å². The molecule has 1 aliphatic heterocycles. The summed E-state index contributed by atoms with van der Waals surface area (Å²) in [6.07, 6.45) is 8.67. The first-order chi connectivity index (χ1) is 26.8. The standard InChI is InChI=1S/C50H37N3S/c1-4-14-33(15-5-1)39-21-12-23-42-43-24-13-22-40(48(43)54-47(39)42)36-26-31-46-44(32-36)41-20-10-11-25-45(41)52(46)37-27-29-38(30-28-37)53-49(34-16-6-2-7-17-34)51-50(53)35-18-8-3-9-19-35/h1-27,29-32,37,49-51H,28H2/p+1. The number of allylic oxidation sites excluding steroid dienone is 3. The molecule has 1 saturated heterocycles. The topological polar surface area (TPSA) is 21.4 Å². The fraction of sp³-hybridized carbons (Fsp3) is 0.0800. The minimum absolute atomic E-state index is 0.214. The molecule has 0 bridgehead atoms. The molecule has 2 aliphatic rings. The maximum Gasteiger partial charge on any atom is 0.178 e. The van der Waals surface area contributed by atoms with E-state index in [0.717, 1.165) is 6.42 Å². The van der Waals surface area contributed by atoms with Gasteiger partial charge in [-0.25, -0.2) is 5.32 Å². The number of hydrogen-bond donors (Lipinski definition) is 2. The van der Waals surface area contributed by atoms with Crippen LogP contribution >= 0.6 is 11.3 Å². The normalized spacial score (nSPS) is 19.7. The molecule has 3 heterocycles. The van der Waals surface area contributed by atoms with Crippen LogP contribution in [0.2, 0.25) is 0 Å². The lowest BCUT2D eigenvalue weighted by Crippen LogP contribution is -3.21. The Balaban J connectivity index is 0.974. The minimum atomic E-state index is 0.214. The van der Waals surface area contributed by atoms with Gasteiger partial charge in [0, 0.05) is 53.1 Å². The van der Waals surface area contributed by atoms with Crippen molar-refractivity contribution in [3.8, 4) is 22.3 Å². The number of rotatable bonds is 6. The predicted octanol–water partition coefficient (Wildman–Crippen LogP) is 11.8. The average Bonchev–Trinajstić information content (AvgIpc) is 3.78. The van der Waals surface area contributed by atoms with Crippen LogP contribution in [0, 0.1) is 0 Å². The van der Waals surface area contributed by atoms with Gasteiger partial charge in [-0.15, -0.1) is 11.3 Å². The average molecular weight is 713 g/mol. The van der Waals surface area contributed by atoms with Gasteiger partial charge < -0.3 is 4.57 Å². The lowest BCUT2D eigenvalue weighted by Gasteiger charge is -2.46. The number of fused-ring (bicyclic) bond motifs is 6. The third-order valence-corrected chi connectivity index (χ3v) is 12.9. The van der Waals surface area contributed by atoms with Crippen LogP contribution in [0.1, 0.15) is 35.9 Å². The zero-order valence-corrected chi connectivity index (χ0v) is 30.5. The summed E-state index contributed by atoms with van der Waals surface area (Å²) in [5.74, 6) is 0. The van der Waals surface area contributed by atoms with Gasteiger partial charge in [-0.1, -0.05) is 158 Å². The summed E-state index contributed by atoms with van der Waals surface area (Å²) in [5.41, 5.74) is 11.7. The summed E-state index contributed by atoms with van der Waals surface area (Å²) in [6.45, 7) is 0. The first kappa shape index (κ1) is 31.5. The molecule has 3 unspecified atom stereocenters. The fourth-order valence-corrected chi connectivity index (χ4v) is 10.4. The molecular formula is C50H38N3S+. The maximum absolute atomic E-state index is 3.88. The Morgan fingerprint density at radius 2 is 1.09 bits per heavy atom. The largest absolute Gasteiger partial charge is 0.333 e. The van der Waals surface area contributed by atoms with E-state index in [4.69, 9.17) is 0 Å². The number of thiophene rings is 1. The second-order valence-corrected chi connectivity index (χ2v) is 15.6. The molecule has 4 heteroatoms. The van der Waals surface area contributed by atoms with E-state index >= 15 is 0 Å². The van der Waals surface area contributed by atoms with Crippen molar-refractivity contribution in [1.29, 1.82) is 0 Å². The second kappa shape index (κ2) is 12.8. The number of nitrogens with zero attached hydrogens (tertiary/aromatic N) is 1. The van der Waals surface area contributed by atoms with E-state index in [-0.39, 0.29) is 18.4 Å². The van der Waals surface area contributed by atoms with Crippen molar-refractivity contribution < 1.29 is 4.90 Å². The highest BCUT2D eigenvalue weighted by atomic mass is 32.1. The van der Waals surface area contributed by atoms with Crippen LogP contribution in [0.4, 0.5) is 0 Å². The first-order valence-electron chi connectivity index (χ1n) is 18.9. The number of nitrogens with one attached hydrogen (secondary N) is 2. The second-order valence-electron chi connectivity index (χ2n) is 14.6. The summed E-state index contributed by atoms with van der Waals surface area (Å²) >= 11 is 1.92. The molecule has 3 atom stereocenters. The van der Waals surface area contributed by atoms with Crippen molar-refractivity contribution in [2.24, 2.45) is 0 Å². The lowest BCUT2D eigenvalue weighted by molar-refractivity contribution is -0.983. The molecule has 1 aliphatic carbocycles. The Kier molecular flexibility index (Phi) is 7.47. The van der Waals surface area contributed by atoms with Crippen molar-refractivity contribution in [3.05, 3.63) is 205 Å². The van der Waals surface area contributed by atoms with Gasteiger partial charge in [-0.05, 0) is 59.0 Å². The zero-order valence-electron chi connectivity index (χ0n) is 29.7. The molecule has 2 N–H and O–H groups in total. The molecule has 0 spiro atoms. The van der Waals surface area contributed by atoms with E-state index in [9.17, 15) is 0 Å². The summed E-state index contributed by atoms with van der Waals surface area (Å²) in [5, 5.41) is 9.14. The van der Waals surface area contributed by atoms with E-state index in [1.54, 1.807) is 0 Å². The van der Waals surface area contributed by atoms with Gasteiger partial charge in [0.25, 0.3) is 0 Å². The summed E-state index contributed by atoms with van der Waals surface area (Å²) < 4.78 is 5.26. The summed E-state index contributed by atoms with van der Waals surface area (Å²) in [6, 6.07) is 62.4. The maximum atomic E-state index is 3.88. The molecule has 9 aromatic rings. The van der Waals surface area contributed by atoms with Crippen molar-refractivity contribution >= 4 is 53.3 Å². The number of benzene rings is 7. The Hall–Kier alpha value is -6.04. The van der Waals surface area contributed by atoms with Crippen molar-refractivity contribution in [3.63, 3.8) is 0 Å². The highest BCUT2D eigenvalue weighted by Gasteiger charge is 2.46. The quantitative estimate of drug-likeness (QED) is 0.176. The third-order valence-electron chi connectivity index (χ3n) is 11.6. The fourth-order valence-electron chi connectivity index (χ4n) is 9.03. The number of hydrogen-bond acceptors (Lipinski definition) is 2. The van der Waals surface area contributed by atoms with Gasteiger partial charge in [0.15, 0.2) is 12.3 Å². The highest BCUT2D eigenvalue weighted by molar-refractivity contribution is 7.26. The SMILES string of the molecule is C1=CC(n2c3ccccc3c3cc(-c4cccc5c4sc4c(-c6ccccc6)cccc45)ccc32)CC=C1[NH+]1C(c2ccccc2)NC1c1ccccc1. The van der Waals surface area contributed by atoms with Crippen LogP contribution < -0.4 is 10.2 Å². The van der Waals surface area contributed by atoms with Crippen LogP contribution in [-0.4, -0.2) is 4.57 Å². The minimum Gasteiger partial charge on any atom is -0.333 e. The molecule has 3 nitrogen and oxygen atoms in total. The van der Waals surface area contributed by atoms with Gasteiger partial charge in [-0.2, -0.15) is 0 Å². The van der Waals surface area contributed by atoms with E-state index in [0.29, 0.717) is 0 Å². The van der Waals surface area contributed by atoms with Crippen molar-refractivity contribution in [2.45, 2.75) is 24.8 Å². The molecular weight excluding hydrogens is 675 g/mol. The van der Waals surface area contributed by atoms with Crippen molar-refractivity contribution in [2.75, 3.05) is 0 Å². The van der Waals surface area contributed by atoms with Crippen LogP contribution in [-0.2, 0) is 0 Å². The number of quaternary nitrogens is 1. The molecule has 2 aromatic heterocycles. The monoisotopic (exact) mass is 712 g/mol. The molecule has 0 radical (unpaired) electrons. The van der Waals surface area contributed by atoms with E-state index < -0.39 is 0 Å². The first-order valence-corrected chi connectivity index (χ1v) is 19.8. The molecule has 11 rings (SSSR count). The van der Waals surface area contributed by atoms with Crippen molar-refractivity contribution in [1.82, 2.24) is 9.88 Å². The lowest BCUT2D eigenvalue weighted by atomic mass is 9.97. The van der Waals surface area contributed by atoms with Gasteiger partial charge in [0.05, 0.1) is 6.04 Å². The van der Waals surface area contributed by atoms with Gasteiger partial charge in [0.1, 0.15) is 5.70 Å². The smallest absolute Gasteiger partial charge is 0.178 e. The predicted molar refractivity (Wildman–Crippen MR) is 227 cm³/mol. The van der Waals surface area contributed by atoms with Crippen LogP contribution in [0.5, 0.6) is 0 Å². The van der Waals surface area contributed by atoms with Gasteiger partial charge in [-0.3, -0.25) is 4.90 Å². The van der Waals surface area contributed by atoms with E-state index in [2.05, 4.69) is 198 Å². The van der Waals surface area contributed by atoms with E-state index in [1.807, 2.05) is 11.3 Å². The van der Waals surface area contributed by atoms with Crippen LogP contribution in [0.25, 0.3) is 64.2 Å². The zero-order chi connectivity index (χ0) is 35.6. The molecule has 258 valence electrons. The summed E-state index contributed by atoms with van der Waals surface area (Å²) in [4.78, 5) is 1.46. The Morgan fingerprint density at radius 3 is 1.74 bits per heavy atom. The number of aromatic nitrogens is 1. The molecule has 1 fully saturated rings. The molecule has 0 saturated carbocycles. The van der Waals surface area contributed by atoms with E-state index in [1.165, 1.54) is 86.0 Å². The Morgan fingerprint density at radius 1 is 0.519 bits per heavy atom. The molecule has 0 amide bonds. The molecule has 54 heavy (non-hydrogen) atoms. The van der Waals surface area contributed by atoms with Gasteiger partial charge in [0.2, 0.25) is 0 Å². The summed E-state index contributed by atoms with van der Waals surface area (Å²) in [7, 11) is 0. The highest BCUT2D eigenvalue weighted by Crippen LogP contribution is 2.45.